The van der Waals surface area contributed by atoms with E-state index in [0.717, 1.165) is 10.5 Å². The summed E-state index contributed by atoms with van der Waals surface area (Å²) >= 11 is -0.0188. The molecule has 1 heterocycles. The van der Waals surface area contributed by atoms with Crippen LogP contribution >= 0.6 is 0 Å². The quantitative estimate of drug-likeness (QED) is 0.334. The maximum absolute atomic E-state index is 13.3. The summed E-state index contributed by atoms with van der Waals surface area (Å²) in [7, 11) is -1.43. The number of nitrogens with zero attached hydrogens (tertiary/aromatic N) is 1. The number of fused-ring (bicyclic) bond motifs is 1. The fourth-order valence-corrected chi connectivity index (χ4v) is 3.64. The molecule has 1 N–H and O–H groups in total. The SMILES string of the molecule is C[I-]CCN(C(=O)c1cc2c(c(C(F)(F)F)c1)COB2O)C(C)C. The van der Waals surface area contributed by atoms with Crippen LogP contribution in [0.5, 0.6) is 0 Å². The van der Waals surface area contributed by atoms with Gasteiger partial charge in [0.2, 0.25) is 0 Å². The molecule has 0 aliphatic carbocycles. The Morgan fingerprint density at radius 1 is 1.46 bits per heavy atom. The van der Waals surface area contributed by atoms with Gasteiger partial charge in [-0.1, -0.05) is 0 Å². The van der Waals surface area contributed by atoms with Gasteiger partial charge in [0.25, 0.3) is 0 Å². The Labute approximate surface area is 149 Å². The second-order valence-electron chi connectivity index (χ2n) is 5.80. The van der Waals surface area contributed by atoms with Crippen molar-refractivity contribution in [1.82, 2.24) is 4.90 Å². The van der Waals surface area contributed by atoms with Crippen LogP contribution in [0.15, 0.2) is 12.1 Å². The van der Waals surface area contributed by atoms with Crippen LogP contribution in [0.4, 0.5) is 13.2 Å². The Bertz CT molecular complexity index is 625. The summed E-state index contributed by atoms with van der Waals surface area (Å²) in [5, 5.41) is 9.76. The molecule has 4 nitrogen and oxygen atoms in total. The van der Waals surface area contributed by atoms with Crippen LogP contribution in [-0.4, -0.2) is 44.9 Å². The molecule has 1 aromatic rings. The van der Waals surface area contributed by atoms with E-state index >= 15 is 0 Å². The molecule has 0 aromatic heterocycles. The van der Waals surface area contributed by atoms with E-state index in [-0.39, 0.29) is 50.4 Å². The third-order valence-corrected chi connectivity index (χ3v) is 5.45. The zero-order chi connectivity index (χ0) is 18.1. The number of hydrogen-bond donors (Lipinski definition) is 1. The molecule has 1 aliphatic rings. The third kappa shape index (κ3) is 4.05. The van der Waals surface area contributed by atoms with E-state index in [1.165, 1.54) is 6.07 Å². The van der Waals surface area contributed by atoms with E-state index in [4.69, 9.17) is 4.65 Å². The standard InChI is InChI=1S/C15H19BF3INO3/c1-9(2)21(5-4-20-3)14(22)10-6-12(15(17,18)19)11-8-24-16(23)13(11)7-10/h6-7,9,23H,4-5,8H2,1-3H3/q-1. The number of benzene rings is 1. The van der Waals surface area contributed by atoms with Crippen molar-refractivity contribution in [2.75, 3.05) is 15.9 Å². The number of amides is 1. The van der Waals surface area contributed by atoms with Crippen LogP contribution in [0.25, 0.3) is 0 Å². The Morgan fingerprint density at radius 2 is 2.12 bits per heavy atom. The number of rotatable bonds is 5. The molecule has 0 fully saturated rings. The van der Waals surface area contributed by atoms with Gasteiger partial charge in [-0.15, -0.1) is 0 Å². The van der Waals surface area contributed by atoms with Gasteiger partial charge in [-0.2, -0.15) is 0 Å². The van der Waals surface area contributed by atoms with Crippen LogP contribution in [-0.2, 0) is 17.4 Å². The molecule has 0 radical (unpaired) electrons. The van der Waals surface area contributed by atoms with Crippen molar-refractivity contribution in [1.29, 1.82) is 0 Å². The summed E-state index contributed by atoms with van der Waals surface area (Å²) in [4.78, 5) is 16.4. The molecule has 0 unspecified atom stereocenters. The fourth-order valence-electron chi connectivity index (χ4n) is 2.64. The van der Waals surface area contributed by atoms with E-state index in [9.17, 15) is 23.0 Å². The molecular weight excluding hydrogens is 437 g/mol. The van der Waals surface area contributed by atoms with Gasteiger partial charge in [0.05, 0.1) is 0 Å². The van der Waals surface area contributed by atoms with Crippen LogP contribution in [0.2, 0.25) is 0 Å². The van der Waals surface area contributed by atoms with Crippen LogP contribution in [0.3, 0.4) is 0 Å². The topological polar surface area (TPSA) is 49.8 Å². The van der Waals surface area contributed by atoms with Gasteiger partial charge in [0, 0.05) is 0 Å². The molecule has 1 aromatic carbocycles. The first-order valence-electron chi connectivity index (χ1n) is 7.45. The Morgan fingerprint density at radius 3 is 2.67 bits per heavy atom. The van der Waals surface area contributed by atoms with Crippen LogP contribution in [0.1, 0.15) is 35.3 Å². The van der Waals surface area contributed by atoms with Crippen molar-refractivity contribution in [3.05, 3.63) is 28.8 Å². The van der Waals surface area contributed by atoms with Gasteiger partial charge >= 0.3 is 150 Å². The first-order chi connectivity index (χ1) is 11.2. The van der Waals surface area contributed by atoms with Crippen molar-refractivity contribution in [2.45, 2.75) is 32.7 Å². The number of carbonyl (C=O) groups is 1. The third-order valence-electron chi connectivity index (χ3n) is 3.89. The average Bonchev–Trinajstić information content (AvgIpc) is 2.86. The predicted octanol–water partition coefficient (Wildman–Crippen LogP) is -1.51. The Balaban J connectivity index is 2.46. The Kier molecular flexibility index (Phi) is 6.19. The van der Waals surface area contributed by atoms with Gasteiger partial charge in [-0.05, 0) is 0 Å². The van der Waals surface area contributed by atoms with E-state index in [1.54, 1.807) is 4.90 Å². The summed E-state index contributed by atoms with van der Waals surface area (Å²) in [5.41, 5.74) is -1.04. The van der Waals surface area contributed by atoms with E-state index in [1.807, 2.05) is 13.8 Å². The summed E-state index contributed by atoms with van der Waals surface area (Å²) < 4.78 is 45.7. The number of halogens is 4. The summed E-state index contributed by atoms with van der Waals surface area (Å²) in [5.74, 6) is -0.449. The Hall–Kier alpha value is -0.805. The summed E-state index contributed by atoms with van der Waals surface area (Å²) in [6.45, 7) is 3.88. The van der Waals surface area contributed by atoms with Gasteiger partial charge in [0.1, 0.15) is 0 Å². The zero-order valence-electron chi connectivity index (χ0n) is 13.7. The summed E-state index contributed by atoms with van der Waals surface area (Å²) in [6.07, 6.45) is -4.61. The van der Waals surface area contributed by atoms with E-state index in [0.29, 0.717) is 6.54 Å². The molecule has 1 aliphatic heterocycles. The molecule has 1 amide bonds. The predicted molar refractivity (Wildman–Crippen MR) is 80.8 cm³/mol. The van der Waals surface area contributed by atoms with Gasteiger partial charge < -0.3 is 0 Å². The minimum atomic E-state index is -4.61. The molecule has 0 spiro atoms. The van der Waals surface area contributed by atoms with Crippen molar-refractivity contribution >= 4 is 18.5 Å². The average molecular weight is 456 g/mol. The molecule has 9 heteroatoms. The molecule has 0 bridgehead atoms. The molecular formula is C15H19BF3INO3-. The monoisotopic (exact) mass is 456 g/mol. The second kappa shape index (κ2) is 7.61. The maximum atomic E-state index is 13.3. The molecule has 24 heavy (non-hydrogen) atoms. The first-order valence-corrected chi connectivity index (χ1v) is 11.1. The van der Waals surface area contributed by atoms with Gasteiger partial charge in [-0.25, -0.2) is 0 Å². The fraction of sp³-hybridized carbons (Fsp3) is 0.533. The first kappa shape index (κ1) is 19.5. The molecule has 0 saturated heterocycles. The molecule has 134 valence electrons. The number of carbonyl (C=O) groups excluding carboxylic acids is 1. The number of alkyl halides is 5. The summed E-state index contributed by atoms with van der Waals surface area (Å²) in [6, 6.07) is 2.08. The van der Waals surface area contributed by atoms with E-state index < -0.39 is 24.8 Å². The molecule has 2 rings (SSSR count). The number of hydrogen-bond acceptors (Lipinski definition) is 3. The van der Waals surface area contributed by atoms with Crippen molar-refractivity contribution < 1.29 is 48.8 Å². The zero-order valence-corrected chi connectivity index (χ0v) is 15.8. The second-order valence-corrected chi connectivity index (χ2v) is 8.41. The van der Waals surface area contributed by atoms with Crippen LogP contribution < -0.4 is 26.7 Å². The normalized spacial score (nSPS) is 14.4. The van der Waals surface area contributed by atoms with Crippen molar-refractivity contribution in [3.63, 3.8) is 0 Å². The minimum absolute atomic E-state index is 0.0188. The molecule has 0 atom stereocenters. The van der Waals surface area contributed by atoms with Gasteiger partial charge in [0.15, 0.2) is 0 Å². The van der Waals surface area contributed by atoms with Crippen molar-refractivity contribution in [3.8, 4) is 0 Å². The van der Waals surface area contributed by atoms with Gasteiger partial charge in [-0.3, -0.25) is 0 Å². The molecule has 0 saturated carbocycles. The van der Waals surface area contributed by atoms with Crippen LogP contribution in [0, 0.1) is 0 Å². The van der Waals surface area contributed by atoms with E-state index in [2.05, 4.69) is 4.93 Å². The van der Waals surface area contributed by atoms with Crippen molar-refractivity contribution in [2.24, 2.45) is 0 Å².